The van der Waals surface area contributed by atoms with Crippen molar-refractivity contribution < 1.29 is 0 Å². The SMILES string of the molecule is NC1(c2ccsn2)C=CN(c2ccccn2)S1. The first kappa shape index (κ1) is 10.8. The molecule has 0 saturated carbocycles. The Morgan fingerprint density at radius 1 is 1.29 bits per heavy atom. The monoisotopic (exact) mass is 262 g/mol. The quantitative estimate of drug-likeness (QED) is 0.842. The summed E-state index contributed by atoms with van der Waals surface area (Å²) in [5.74, 6) is 0.872. The zero-order valence-electron chi connectivity index (χ0n) is 8.85. The molecule has 0 aliphatic carbocycles. The van der Waals surface area contributed by atoms with E-state index in [1.54, 1.807) is 6.20 Å². The van der Waals surface area contributed by atoms with Crippen LogP contribution in [0.2, 0.25) is 0 Å². The fraction of sp³-hybridized carbons (Fsp3) is 0.0909. The number of hydrogen-bond acceptors (Lipinski definition) is 6. The Labute approximate surface area is 107 Å². The Hall–Kier alpha value is -1.37. The molecule has 0 saturated heterocycles. The number of pyridine rings is 1. The van der Waals surface area contributed by atoms with Crippen molar-refractivity contribution in [2.24, 2.45) is 5.73 Å². The number of nitrogens with two attached hydrogens (primary N) is 1. The lowest BCUT2D eigenvalue weighted by atomic mass is 10.2. The molecule has 3 rings (SSSR count). The van der Waals surface area contributed by atoms with Crippen LogP contribution in [0.1, 0.15) is 5.69 Å². The largest absolute Gasteiger partial charge is 0.307 e. The summed E-state index contributed by atoms with van der Waals surface area (Å²) in [6.45, 7) is 0. The molecule has 1 unspecified atom stereocenters. The number of aromatic nitrogens is 2. The minimum atomic E-state index is -0.586. The van der Waals surface area contributed by atoms with Crippen LogP contribution in [0.3, 0.4) is 0 Å². The molecule has 4 nitrogen and oxygen atoms in total. The van der Waals surface area contributed by atoms with E-state index in [1.165, 1.54) is 23.5 Å². The van der Waals surface area contributed by atoms with E-state index in [4.69, 9.17) is 5.73 Å². The summed E-state index contributed by atoms with van der Waals surface area (Å²) in [7, 11) is 0. The van der Waals surface area contributed by atoms with Gasteiger partial charge in [-0.15, -0.1) is 0 Å². The predicted molar refractivity (Wildman–Crippen MR) is 71.4 cm³/mol. The van der Waals surface area contributed by atoms with Gasteiger partial charge >= 0.3 is 0 Å². The van der Waals surface area contributed by atoms with Crippen molar-refractivity contribution >= 4 is 29.3 Å². The van der Waals surface area contributed by atoms with Crippen molar-refractivity contribution in [1.29, 1.82) is 0 Å². The van der Waals surface area contributed by atoms with Gasteiger partial charge in [0, 0.05) is 17.8 Å². The highest BCUT2D eigenvalue weighted by atomic mass is 32.2. The highest BCUT2D eigenvalue weighted by molar-refractivity contribution is 8.02. The molecule has 1 aliphatic rings. The lowest BCUT2D eigenvalue weighted by Crippen LogP contribution is -2.30. The molecule has 0 fully saturated rings. The van der Waals surface area contributed by atoms with Crippen LogP contribution < -0.4 is 10.0 Å². The third-order valence-electron chi connectivity index (χ3n) is 2.42. The van der Waals surface area contributed by atoms with Gasteiger partial charge in [-0.2, -0.15) is 4.37 Å². The summed E-state index contributed by atoms with van der Waals surface area (Å²) in [5.41, 5.74) is 7.18. The zero-order chi connectivity index (χ0) is 11.7. The first-order chi connectivity index (χ1) is 8.28. The molecular weight excluding hydrogens is 252 g/mol. The Kier molecular flexibility index (Phi) is 2.62. The molecule has 6 heteroatoms. The zero-order valence-corrected chi connectivity index (χ0v) is 10.5. The second-order valence-electron chi connectivity index (χ2n) is 3.60. The highest BCUT2D eigenvalue weighted by Gasteiger charge is 2.35. The number of hydrogen-bond donors (Lipinski definition) is 1. The third-order valence-corrected chi connectivity index (χ3v) is 4.13. The predicted octanol–water partition coefficient (Wildman–Crippen LogP) is 2.33. The van der Waals surface area contributed by atoms with E-state index in [1.807, 2.05) is 46.2 Å². The molecule has 0 bridgehead atoms. The van der Waals surface area contributed by atoms with Crippen LogP contribution >= 0.6 is 23.5 Å². The van der Waals surface area contributed by atoms with E-state index < -0.39 is 4.87 Å². The third kappa shape index (κ3) is 1.95. The molecule has 2 aromatic rings. The molecule has 0 aromatic carbocycles. The van der Waals surface area contributed by atoms with Crippen LogP contribution in [-0.4, -0.2) is 9.36 Å². The Morgan fingerprint density at radius 2 is 2.24 bits per heavy atom. The molecule has 2 N–H and O–H groups in total. The number of nitrogens with zero attached hydrogens (tertiary/aromatic N) is 3. The number of anilines is 1. The summed E-state index contributed by atoms with van der Waals surface area (Å²) < 4.78 is 6.25. The van der Waals surface area contributed by atoms with E-state index in [9.17, 15) is 0 Å². The molecule has 0 radical (unpaired) electrons. The van der Waals surface area contributed by atoms with Crippen LogP contribution in [0, 0.1) is 0 Å². The average Bonchev–Trinajstić information content (AvgIpc) is 3.00. The van der Waals surface area contributed by atoms with Crippen molar-refractivity contribution in [3.8, 4) is 0 Å². The van der Waals surface area contributed by atoms with Crippen LogP contribution in [0.5, 0.6) is 0 Å². The average molecular weight is 262 g/mol. The van der Waals surface area contributed by atoms with Crippen LogP contribution in [0.4, 0.5) is 5.82 Å². The van der Waals surface area contributed by atoms with Crippen molar-refractivity contribution in [3.63, 3.8) is 0 Å². The molecule has 3 heterocycles. The summed E-state index contributed by atoms with van der Waals surface area (Å²) in [6.07, 6.45) is 5.65. The van der Waals surface area contributed by atoms with Gasteiger partial charge < -0.3 is 5.73 Å². The van der Waals surface area contributed by atoms with Crippen molar-refractivity contribution in [3.05, 3.63) is 53.8 Å². The molecule has 1 atom stereocenters. The van der Waals surface area contributed by atoms with Crippen LogP contribution in [0.15, 0.2) is 48.1 Å². The second kappa shape index (κ2) is 4.14. The summed E-state index contributed by atoms with van der Waals surface area (Å²) in [4.78, 5) is 3.70. The molecule has 86 valence electrons. The van der Waals surface area contributed by atoms with Gasteiger partial charge in [-0.3, -0.25) is 4.31 Å². The van der Waals surface area contributed by atoms with E-state index in [2.05, 4.69) is 9.36 Å². The van der Waals surface area contributed by atoms with E-state index in [0.717, 1.165) is 11.5 Å². The Morgan fingerprint density at radius 3 is 2.94 bits per heavy atom. The van der Waals surface area contributed by atoms with E-state index >= 15 is 0 Å². The Bertz CT molecular complexity index is 526. The van der Waals surface area contributed by atoms with Crippen molar-refractivity contribution in [2.75, 3.05) is 4.31 Å². The lowest BCUT2D eigenvalue weighted by molar-refractivity contribution is 0.813. The van der Waals surface area contributed by atoms with Gasteiger partial charge in [0.25, 0.3) is 0 Å². The van der Waals surface area contributed by atoms with Gasteiger partial charge in [0.2, 0.25) is 0 Å². The van der Waals surface area contributed by atoms with Gasteiger partial charge in [-0.1, -0.05) is 6.07 Å². The first-order valence-corrected chi connectivity index (χ1v) is 6.67. The van der Waals surface area contributed by atoms with E-state index in [-0.39, 0.29) is 0 Å². The lowest BCUT2D eigenvalue weighted by Gasteiger charge is -2.21. The first-order valence-electron chi connectivity index (χ1n) is 5.06. The summed E-state index contributed by atoms with van der Waals surface area (Å²) >= 11 is 2.92. The van der Waals surface area contributed by atoms with Crippen molar-refractivity contribution in [2.45, 2.75) is 4.87 Å². The van der Waals surface area contributed by atoms with E-state index in [0.29, 0.717) is 0 Å². The highest BCUT2D eigenvalue weighted by Crippen LogP contribution is 2.41. The minimum Gasteiger partial charge on any atom is -0.307 e. The second-order valence-corrected chi connectivity index (χ2v) is 5.52. The van der Waals surface area contributed by atoms with Crippen molar-refractivity contribution in [1.82, 2.24) is 9.36 Å². The van der Waals surface area contributed by atoms with Gasteiger partial charge in [0.1, 0.15) is 10.7 Å². The maximum atomic E-state index is 6.30. The standard InChI is InChI=1S/C11H10N4S2/c12-11(9-4-8-16-14-9)5-7-15(17-11)10-3-1-2-6-13-10/h1-8H,12H2. The van der Waals surface area contributed by atoms with Gasteiger partial charge in [0.15, 0.2) is 0 Å². The summed E-state index contributed by atoms with van der Waals surface area (Å²) in [6, 6.07) is 7.74. The fourth-order valence-corrected chi connectivity index (χ4v) is 3.17. The topological polar surface area (TPSA) is 55.0 Å². The number of rotatable bonds is 2. The minimum absolute atomic E-state index is 0.586. The normalized spacial score (nSPS) is 23.2. The molecule has 1 aliphatic heterocycles. The molecule has 2 aromatic heterocycles. The molecule has 17 heavy (non-hydrogen) atoms. The molecular formula is C11H10N4S2. The smallest absolute Gasteiger partial charge is 0.146 e. The van der Waals surface area contributed by atoms with Crippen LogP contribution in [-0.2, 0) is 4.87 Å². The van der Waals surface area contributed by atoms with Gasteiger partial charge in [-0.25, -0.2) is 4.98 Å². The summed E-state index contributed by atoms with van der Waals surface area (Å²) in [5, 5.41) is 1.93. The maximum Gasteiger partial charge on any atom is 0.146 e. The molecule has 0 spiro atoms. The Balaban J connectivity index is 1.86. The van der Waals surface area contributed by atoms with Gasteiger partial charge in [-0.05, 0) is 47.8 Å². The van der Waals surface area contributed by atoms with Gasteiger partial charge in [0.05, 0.1) is 5.69 Å². The molecule has 0 amide bonds. The fourth-order valence-electron chi connectivity index (χ4n) is 1.56. The maximum absolute atomic E-state index is 6.30. The van der Waals surface area contributed by atoms with Crippen LogP contribution in [0.25, 0.3) is 0 Å².